The highest BCUT2D eigenvalue weighted by molar-refractivity contribution is 6.02. The van der Waals surface area contributed by atoms with Crippen LogP contribution in [0.4, 0.5) is 11.4 Å². The highest BCUT2D eigenvalue weighted by Gasteiger charge is 2.29. The molecule has 3 rings (SSSR count). The van der Waals surface area contributed by atoms with Crippen LogP contribution in [0.5, 0.6) is 0 Å². The van der Waals surface area contributed by atoms with Crippen molar-refractivity contribution in [2.45, 2.75) is 38.8 Å². The Labute approximate surface area is 114 Å². The summed E-state index contributed by atoms with van der Waals surface area (Å²) in [7, 11) is 0. The number of benzene rings is 1. The molecule has 1 saturated carbocycles. The molecule has 4 nitrogen and oxygen atoms in total. The van der Waals surface area contributed by atoms with Gasteiger partial charge in [-0.25, -0.2) is 0 Å². The summed E-state index contributed by atoms with van der Waals surface area (Å²) in [5.41, 5.74) is 8.79. The quantitative estimate of drug-likeness (QED) is 0.872. The first-order chi connectivity index (χ1) is 9.06. The number of nitrogens with two attached hydrogens (primary N) is 1. The number of hydrogen-bond donors (Lipinski definition) is 2. The molecule has 0 radical (unpaired) electrons. The molecule has 0 bridgehead atoms. The monoisotopic (exact) mass is 259 g/mol. The average molecular weight is 259 g/mol. The van der Waals surface area contributed by atoms with E-state index in [2.05, 4.69) is 36.2 Å². The van der Waals surface area contributed by atoms with E-state index in [4.69, 9.17) is 5.73 Å². The summed E-state index contributed by atoms with van der Waals surface area (Å²) in [5, 5.41) is 2.86. The molecule has 19 heavy (non-hydrogen) atoms. The first-order valence-corrected chi connectivity index (χ1v) is 7.03. The van der Waals surface area contributed by atoms with E-state index in [1.54, 1.807) is 0 Å². The summed E-state index contributed by atoms with van der Waals surface area (Å²) in [5.74, 6) is 0.734. The molecule has 0 saturated heterocycles. The topological polar surface area (TPSA) is 58.4 Å². The van der Waals surface area contributed by atoms with Gasteiger partial charge in [0.15, 0.2) is 0 Å². The second-order valence-electron chi connectivity index (χ2n) is 5.93. The van der Waals surface area contributed by atoms with Crippen LogP contribution in [0.3, 0.4) is 0 Å². The second-order valence-corrected chi connectivity index (χ2v) is 5.93. The lowest BCUT2D eigenvalue weighted by Crippen LogP contribution is -2.32. The standard InChI is InChI=1S/C15H21N3O/c1-9(2)18(8-10-3-4-10)11-5-6-12-13(7-11)17-15(19)14(12)16/h5-7,9-10,14H,3-4,8,16H2,1-2H3,(H,17,19). The zero-order valence-corrected chi connectivity index (χ0v) is 11.5. The summed E-state index contributed by atoms with van der Waals surface area (Å²) in [4.78, 5) is 14.0. The van der Waals surface area contributed by atoms with E-state index < -0.39 is 6.04 Å². The zero-order chi connectivity index (χ0) is 13.6. The highest BCUT2D eigenvalue weighted by Crippen LogP contribution is 2.36. The van der Waals surface area contributed by atoms with E-state index in [1.807, 2.05) is 6.07 Å². The molecular weight excluding hydrogens is 238 g/mol. The molecule has 1 fully saturated rings. The van der Waals surface area contributed by atoms with Gasteiger partial charge in [-0.1, -0.05) is 6.07 Å². The minimum atomic E-state index is -0.514. The summed E-state index contributed by atoms with van der Waals surface area (Å²) >= 11 is 0. The van der Waals surface area contributed by atoms with Crippen LogP contribution in [0.1, 0.15) is 38.3 Å². The maximum atomic E-state index is 11.6. The van der Waals surface area contributed by atoms with Crippen molar-refractivity contribution >= 4 is 17.3 Å². The van der Waals surface area contributed by atoms with Crippen LogP contribution in [-0.2, 0) is 4.79 Å². The Morgan fingerprint density at radius 3 is 2.79 bits per heavy atom. The van der Waals surface area contributed by atoms with Crippen molar-refractivity contribution < 1.29 is 4.79 Å². The van der Waals surface area contributed by atoms with Crippen molar-refractivity contribution in [3.63, 3.8) is 0 Å². The van der Waals surface area contributed by atoms with Crippen LogP contribution in [0.2, 0.25) is 0 Å². The number of carbonyl (C=O) groups excluding carboxylic acids is 1. The van der Waals surface area contributed by atoms with Crippen LogP contribution in [0, 0.1) is 5.92 Å². The van der Waals surface area contributed by atoms with Gasteiger partial charge in [-0.15, -0.1) is 0 Å². The van der Waals surface area contributed by atoms with Crippen LogP contribution in [0.15, 0.2) is 18.2 Å². The van der Waals surface area contributed by atoms with Gasteiger partial charge < -0.3 is 16.0 Å². The molecule has 1 aliphatic carbocycles. The van der Waals surface area contributed by atoms with Gasteiger partial charge in [-0.3, -0.25) is 4.79 Å². The molecular formula is C15H21N3O. The van der Waals surface area contributed by atoms with E-state index in [1.165, 1.54) is 18.5 Å². The number of amides is 1. The third-order valence-electron chi connectivity index (χ3n) is 4.02. The lowest BCUT2D eigenvalue weighted by atomic mass is 10.1. The van der Waals surface area contributed by atoms with Gasteiger partial charge in [-0.2, -0.15) is 0 Å². The van der Waals surface area contributed by atoms with Gasteiger partial charge >= 0.3 is 0 Å². The van der Waals surface area contributed by atoms with Gasteiger partial charge in [-0.05, 0) is 44.7 Å². The number of hydrogen-bond acceptors (Lipinski definition) is 3. The first-order valence-electron chi connectivity index (χ1n) is 7.03. The van der Waals surface area contributed by atoms with Crippen molar-refractivity contribution in [1.82, 2.24) is 0 Å². The van der Waals surface area contributed by atoms with E-state index in [-0.39, 0.29) is 5.91 Å². The Hall–Kier alpha value is -1.55. The Bertz CT molecular complexity index is 508. The summed E-state index contributed by atoms with van der Waals surface area (Å²) < 4.78 is 0. The van der Waals surface area contributed by atoms with Gasteiger partial charge in [0.2, 0.25) is 5.91 Å². The predicted octanol–water partition coefficient (Wildman–Crippen LogP) is 2.26. The molecule has 3 N–H and O–H groups in total. The van der Waals surface area contributed by atoms with Crippen LogP contribution < -0.4 is 16.0 Å². The summed E-state index contributed by atoms with van der Waals surface area (Å²) in [6, 6.07) is 6.07. The fraction of sp³-hybridized carbons (Fsp3) is 0.533. The molecule has 1 aliphatic heterocycles. The number of nitrogens with zero attached hydrogens (tertiary/aromatic N) is 1. The zero-order valence-electron chi connectivity index (χ0n) is 11.5. The fourth-order valence-corrected chi connectivity index (χ4v) is 2.65. The number of rotatable bonds is 4. The van der Waals surface area contributed by atoms with Crippen molar-refractivity contribution in [1.29, 1.82) is 0 Å². The van der Waals surface area contributed by atoms with Gasteiger partial charge in [0, 0.05) is 29.5 Å². The maximum Gasteiger partial charge on any atom is 0.245 e. The van der Waals surface area contributed by atoms with E-state index in [9.17, 15) is 4.79 Å². The minimum absolute atomic E-state index is 0.106. The fourth-order valence-electron chi connectivity index (χ4n) is 2.65. The third kappa shape index (κ3) is 2.32. The van der Waals surface area contributed by atoms with Gasteiger partial charge in [0.05, 0.1) is 0 Å². The van der Waals surface area contributed by atoms with Crippen LogP contribution in [-0.4, -0.2) is 18.5 Å². The maximum absolute atomic E-state index is 11.6. The molecule has 1 amide bonds. The lowest BCUT2D eigenvalue weighted by molar-refractivity contribution is -0.116. The summed E-state index contributed by atoms with van der Waals surface area (Å²) in [6.07, 6.45) is 2.69. The van der Waals surface area contributed by atoms with Crippen LogP contribution >= 0.6 is 0 Å². The Kier molecular flexibility index (Phi) is 2.97. The van der Waals surface area contributed by atoms with Crippen molar-refractivity contribution in [2.24, 2.45) is 11.7 Å². The molecule has 1 heterocycles. The Morgan fingerprint density at radius 1 is 1.42 bits per heavy atom. The second kappa shape index (κ2) is 4.53. The smallest absolute Gasteiger partial charge is 0.245 e. The molecule has 0 aromatic heterocycles. The molecule has 1 aromatic rings. The number of fused-ring (bicyclic) bond motifs is 1. The van der Waals surface area contributed by atoms with E-state index in [0.29, 0.717) is 6.04 Å². The Morgan fingerprint density at radius 2 is 2.16 bits per heavy atom. The lowest BCUT2D eigenvalue weighted by Gasteiger charge is -2.29. The molecule has 1 unspecified atom stereocenters. The largest absolute Gasteiger partial charge is 0.369 e. The molecule has 4 heteroatoms. The number of nitrogens with one attached hydrogen (secondary N) is 1. The van der Waals surface area contributed by atoms with Crippen molar-refractivity contribution in [3.05, 3.63) is 23.8 Å². The number of carbonyl (C=O) groups is 1. The van der Waals surface area contributed by atoms with Gasteiger partial charge in [0.1, 0.15) is 6.04 Å². The molecule has 2 aliphatic rings. The summed E-state index contributed by atoms with van der Waals surface area (Å²) in [6.45, 7) is 5.52. The third-order valence-corrected chi connectivity index (χ3v) is 4.02. The minimum Gasteiger partial charge on any atom is -0.369 e. The van der Waals surface area contributed by atoms with Crippen molar-refractivity contribution in [2.75, 3.05) is 16.8 Å². The van der Waals surface area contributed by atoms with Crippen molar-refractivity contribution in [3.8, 4) is 0 Å². The highest BCUT2D eigenvalue weighted by atomic mass is 16.2. The SMILES string of the molecule is CC(C)N(CC1CC1)c1ccc2c(c1)NC(=O)C2N. The van der Waals surface area contributed by atoms with Crippen LogP contribution in [0.25, 0.3) is 0 Å². The molecule has 102 valence electrons. The molecule has 0 spiro atoms. The molecule has 1 aromatic carbocycles. The molecule has 1 atom stereocenters. The average Bonchev–Trinajstić information content (AvgIpc) is 3.14. The van der Waals surface area contributed by atoms with E-state index >= 15 is 0 Å². The Balaban J connectivity index is 1.88. The normalized spacial score (nSPS) is 21.5. The van der Waals surface area contributed by atoms with E-state index in [0.717, 1.165) is 23.7 Å². The number of anilines is 2. The predicted molar refractivity (Wildman–Crippen MR) is 77.2 cm³/mol. The van der Waals surface area contributed by atoms with Gasteiger partial charge in [0.25, 0.3) is 0 Å². The first kappa shape index (κ1) is 12.5.